The summed E-state index contributed by atoms with van der Waals surface area (Å²) in [6.07, 6.45) is 5.39. The van der Waals surface area contributed by atoms with Crippen molar-refractivity contribution in [1.29, 1.82) is 0 Å². The van der Waals surface area contributed by atoms with Crippen LogP contribution in [0.3, 0.4) is 0 Å². The summed E-state index contributed by atoms with van der Waals surface area (Å²) in [4.78, 5) is 0. The van der Waals surface area contributed by atoms with Gasteiger partial charge in [0.05, 0.1) is 19.3 Å². The zero-order valence-electron chi connectivity index (χ0n) is 8.32. The van der Waals surface area contributed by atoms with E-state index in [4.69, 9.17) is 9.47 Å². The summed E-state index contributed by atoms with van der Waals surface area (Å²) in [5.74, 6) is 0. The van der Waals surface area contributed by atoms with Crippen molar-refractivity contribution in [3.8, 4) is 0 Å². The second kappa shape index (κ2) is 4.74. The first-order valence-corrected chi connectivity index (χ1v) is 4.67. The van der Waals surface area contributed by atoms with Crippen molar-refractivity contribution in [2.24, 2.45) is 0 Å². The van der Waals surface area contributed by atoms with Crippen molar-refractivity contribution in [1.82, 2.24) is 0 Å². The predicted octanol–water partition coefficient (Wildman–Crippen LogP) is 1.12. The molecule has 0 aliphatic carbocycles. The summed E-state index contributed by atoms with van der Waals surface area (Å²) in [7, 11) is 1.59. The second-order valence-electron chi connectivity index (χ2n) is 3.51. The van der Waals surface area contributed by atoms with Crippen molar-refractivity contribution < 1.29 is 14.6 Å². The third-order valence-electron chi connectivity index (χ3n) is 2.44. The Hall–Kier alpha value is -0.380. The molecule has 13 heavy (non-hydrogen) atoms. The minimum absolute atomic E-state index is 0.169. The van der Waals surface area contributed by atoms with Crippen LogP contribution in [0.5, 0.6) is 0 Å². The van der Waals surface area contributed by atoms with Gasteiger partial charge in [0.2, 0.25) is 0 Å². The fourth-order valence-electron chi connectivity index (χ4n) is 1.47. The number of hydrogen-bond donors (Lipinski definition) is 1. The van der Waals surface area contributed by atoms with Crippen LogP contribution >= 0.6 is 0 Å². The Morgan fingerprint density at radius 2 is 2.38 bits per heavy atom. The lowest BCUT2D eigenvalue weighted by Crippen LogP contribution is -2.46. The Kier molecular flexibility index (Phi) is 3.90. The molecule has 0 spiro atoms. The standard InChI is InChI=1S/C10H18O3/c1-9-10(11,8-12-2)6-4-3-5-7-13-9/h3-4,9,11H,5-8H2,1-2H3/b4-3-/t9-,10+/m0/s1. The summed E-state index contributed by atoms with van der Waals surface area (Å²) < 4.78 is 10.5. The van der Waals surface area contributed by atoms with Crippen LogP contribution in [0.4, 0.5) is 0 Å². The molecule has 0 amide bonds. The van der Waals surface area contributed by atoms with Crippen molar-refractivity contribution in [3.63, 3.8) is 0 Å². The van der Waals surface area contributed by atoms with Crippen molar-refractivity contribution in [2.75, 3.05) is 20.3 Å². The third kappa shape index (κ3) is 2.79. The van der Waals surface area contributed by atoms with Crippen molar-refractivity contribution in [2.45, 2.75) is 31.5 Å². The minimum Gasteiger partial charge on any atom is -0.384 e. The van der Waals surface area contributed by atoms with Gasteiger partial charge in [-0.05, 0) is 19.8 Å². The Morgan fingerprint density at radius 1 is 1.62 bits per heavy atom. The fraction of sp³-hybridized carbons (Fsp3) is 0.800. The Labute approximate surface area is 79.3 Å². The summed E-state index contributed by atoms with van der Waals surface area (Å²) in [6.45, 7) is 2.88. The molecule has 1 heterocycles. The summed E-state index contributed by atoms with van der Waals surface area (Å²) in [5, 5.41) is 10.1. The zero-order valence-corrected chi connectivity index (χ0v) is 8.32. The van der Waals surface area contributed by atoms with Gasteiger partial charge < -0.3 is 14.6 Å². The van der Waals surface area contributed by atoms with Gasteiger partial charge in [0.1, 0.15) is 5.60 Å². The SMILES string of the molecule is COC[C@]1(O)C/C=C\CCO[C@H]1C. The molecular weight excluding hydrogens is 168 g/mol. The largest absolute Gasteiger partial charge is 0.384 e. The molecule has 3 nitrogen and oxygen atoms in total. The van der Waals surface area contributed by atoms with E-state index < -0.39 is 5.60 Å². The van der Waals surface area contributed by atoms with Crippen molar-refractivity contribution >= 4 is 0 Å². The molecule has 0 aromatic rings. The molecule has 1 aliphatic heterocycles. The quantitative estimate of drug-likeness (QED) is 0.657. The van der Waals surface area contributed by atoms with Gasteiger partial charge >= 0.3 is 0 Å². The maximum absolute atomic E-state index is 10.1. The van der Waals surface area contributed by atoms with E-state index in [1.807, 2.05) is 19.1 Å². The molecule has 0 aromatic heterocycles. The summed E-state index contributed by atoms with van der Waals surface area (Å²) in [6, 6.07) is 0. The van der Waals surface area contributed by atoms with E-state index in [1.165, 1.54) is 0 Å². The average Bonchev–Trinajstić information content (AvgIpc) is 2.09. The first-order chi connectivity index (χ1) is 6.19. The fourth-order valence-corrected chi connectivity index (χ4v) is 1.47. The molecule has 0 saturated heterocycles. The van der Waals surface area contributed by atoms with Crippen LogP contribution in [-0.2, 0) is 9.47 Å². The van der Waals surface area contributed by atoms with Gasteiger partial charge in [-0.2, -0.15) is 0 Å². The third-order valence-corrected chi connectivity index (χ3v) is 2.44. The molecule has 3 heteroatoms. The number of hydrogen-bond acceptors (Lipinski definition) is 3. The highest BCUT2D eigenvalue weighted by Crippen LogP contribution is 2.21. The van der Waals surface area contributed by atoms with Gasteiger partial charge in [-0.3, -0.25) is 0 Å². The van der Waals surface area contributed by atoms with E-state index in [1.54, 1.807) is 7.11 Å². The van der Waals surface area contributed by atoms with Gasteiger partial charge in [0.25, 0.3) is 0 Å². The molecule has 2 atom stereocenters. The number of methoxy groups -OCH3 is 1. The highest BCUT2D eigenvalue weighted by atomic mass is 16.5. The van der Waals surface area contributed by atoms with Crippen LogP contribution in [0, 0.1) is 0 Å². The molecule has 0 unspecified atom stereocenters. The lowest BCUT2D eigenvalue weighted by molar-refractivity contribution is -0.130. The van der Waals surface area contributed by atoms with Crippen LogP contribution in [-0.4, -0.2) is 37.1 Å². The van der Waals surface area contributed by atoms with Crippen molar-refractivity contribution in [3.05, 3.63) is 12.2 Å². The van der Waals surface area contributed by atoms with E-state index in [9.17, 15) is 5.11 Å². The molecule has 0 bridgehead atoms. The molecule has 0 saturated carbocycles. The number of ether oxygens (including phenoxy) is 2. The van der Waals surface area contributed by atoms with Crippen LogP contribution in [0.15, 0.2) is 12.2 Å². The zero-order chi connectivity index (χ0) is 9.73. The molecule has 0 fully saturated rings. The second-order valence-corrected chi connectivity index (χ2v) is 3.51. The summed E-state index contributed by atoms with van der Waals surface area (Å²) >= 11 is 0. The monoisotopic (exact) mass is 186 g/mol. The highest BCUT2D eigenvalue weighted by molar-refractivity contribution is 4.96. The number of aliphatic hydroxyl groups is 1. The van der Waals surface area contributed by atoms with E-state index >= 15 is 0 Å². The Balaban J connectivity index is 2.64. The van der Waals surface area contributed by atoms with Crippen LogP contribution in [0.25, 0.3) is 0 Å². The first-order valence-electron chi connectivity index (χ1n) is 4.67. The maximum atomic E-state index is 10.1. The Morgan fingerprint density at radius 3 is 3.08 bits per heavy atom. The van der Waals surface area contributed by atoms with E-state index in [0.717, 1.165) is 6.42 Å². The lowest BCUT2D eigenvalue weighted by Gasteiger charge is -2.33. The van der Waals surface area contributed by atoms with Gasteiger partial charge in [-0.25, -0.2) is 0 Å². The average molecular weight is 186 g/mol. The van der Waals surface area contributed by atoms with Gasteiger partial charge in [-0.15, -0.1) is 0 Å². The van der Waals surface area contributed by atoms with Crippen LogP contribution in [0.2, 0.25) is 0 Å². The molecule has 1 N–H and O–H groups in total. The van der Waals surface area contributed by atoms with Gasteiger partial charge in [0.15, 0.2) is 0 Å². The molecule has 76 valence electrons. The molecular formula is C10H18O3. The topological polar surface area (TPSA) is 38.7 Å². The van der Waals surface area contributed by atoms with Crippen LogP contribution in [0.1, 0.15) is 19.8 Å². The minimum atomic E-state index is -0.869. The predicted molar refractivity (Wildman–Crippen MR) is 50.6 cm³/mol. The van der Waals surface area contributed by atoms with E-state index in [-0.39, 0.29) is 6.10 Å². The van der Waals surface area contributed by atoms with Crippen LogP contribution < -0.4 is 0 Å². The smallest absolute Gasteiger partial charge is 0.117 e. The summed E-state index contributed by atoms with van der Waals surface area (Å²) in [5.41, 5.74) is -0.869. The highest BCUT2D eigenvalue weighted by Gasteiger charge is 2.33. The Bertz CT molecular complexity index is 179. The molecule has 1 rings (SSSR count). The van der Waals surface area contributed by atoms with Gasteiger partial charge in [-0.1, -0.05) is 12.2 Å². The molecule has 1 aliphatic rings. The molecule has 0 radical (unpaired) electrons. The molecule has 0 aromatic carbocycles. The maximum Gasteiger partial charge on any atom is 0.117 e. The number of rotatable bonds is 2. The normalized spacial score (nSPS) is 37.9. The van der Waals surface area contributed by atoms with E-state index in [2.05, 4.69) is 0 Å². The van der Waals surface area contributed by atoms with Gasteiger partial charge in [0, 0.05) is 7.11 Å². The first kappa shape index (κ1) is 10.7. The van der Waals surface area contributed by atoms with E-state index in [0.29, 0.717) is 19.6 Å². The lowest BCUT2D eigenvalue weighted by atomic mass is 9.93.